The summed E-state index contributed by atoms with van der Waals surface area (Å²) in [5.74, 6) is -0.304. The molecule has 0 heterocycles. The molecule has 0 spiro atoms. The summed E-state index contributed by atoms with van der Waals surface area (Å²) >= 11 is 0. The molecule has 1 saturated carbocycles. The highest BCUT2D eigenvalue weighted by molar-refractivity contribution is 5.97. The normalized spacial score (nSPS) is 14.0. The predicted molar refractivity (Wildman–Crippen MR) is 113 cm³/mol. The molecule has 2 aromatic carbocycles. The van der Waals surface area contributed by atoms with Crippen molar-refractivity contribution in [2.24, 2.45) is 5.92 Å². The second-order valence-corrected chi connectivity index (χ2v) is 7.73. The molecule has 0 unspecified atom stereocenters. The van der Waals surface area contributed by atoms with Gasteiger partial charge in [0.15, 0.2) is 0 Å². The standard InChI is InChI=1S/C23H27N3O3/c1-14-10-15(2)12-19(11-14)22(28)24-13-21(27)25-16(3)17-6-8-20(9-7-17)26-23(29)18-4-5-18/h6-12,16,18H,4-5,13H2,1-3H3,(H,24,28)(H,25,27)(H,26,29)/t16-/m1/s1. The van der Waals surface area contributed by atoms with Gasteiger partial charge in [-0.05, 0) is 63.4 Å². The van der Waals surface area contributed by atoms with Crippen LogP contribution < -0.4 is 16.0 Å². The maximum absolute atomic E-state index is 12.3. The van der Waals surface area contributed by atoms with Crippen LogP contribution in [-0.4, -0.2) is 24.3 Å². The molecule has 0 aromatic heterocycles. The van der Waals surface area contributed by atoms with Gasteiger partial charge in [-0.15, -0.1) is 0 Å². The van der Waals surface area contributed by atoms with Crippen LogP contribution in [0, 0.1) is 19.8 Å². The summed E-state index contributed by atoms with van der Waals surface area (Å²) in [6.45, 7) is 5.65. The molecule has 0 bridgehead atoms. The van der Waals surface area contributed by atoms with Gasteiger partial charge in [0, 0.05) is 17.2 Å². The first-order chi connectivity index (χ1) is 13.8. The Balaban J connectivity index is 1.48. The van der Waals surface area contributed by atoms with E-state index in [0.29, 0.717) is 5.56 Å². The number of benzene rings is 2. The zero-order valence-corrected chi connectivity index (χ0v) is 17.0. The molecule has 0 saturated heterocycles. The molecule has 1 fully saturated rings. The Bertz CT molecular complexity index is 897. The third-order valence-corrected chi connectivity index (χ3v) is 4.90. The van der Waals surface area contributed by atoms with E-state index in [2.05, 4.69) is 16.0 Å². The summed E-state index contributed by atoms with van der Waals surface area (Å²) in [7, 11) is 0. The number of aryl methyl sites for hydroxylation is 2. The Kier molecular flexibility index (Phi) is 6.32. The van der Waals surface area contributed by atoms with Gasteiger partial charge in [-0.25, -0.2) is 0 Å². The van der Waals surface area contributed by atoms with Gasteiger partial charge >= 0.3 is 0 Å². The minimum Gasteiger partial charge on any atom is -0.348 e. The van der Waals surface area contributed by atoms with Crippen LogP contribution in [0.4, 0.5) is 5.69 Å². The molecule has 3 amide bonds. The number of amides is 3. The highest BCUT2D eigenvalue weighted by Gasteiger charge is 2.29. The molecule has 0 aliphatic heterocycles. The van der Waals surface area contributed by atoms with Crippen LogP contribution in [0.25, 0.3) is 0 Å². The number of nitrogens with one attached hydrogen (secondary N) is 3. The van der Waals surface area contributed by atoms with Crippen molar-refractivity contribution in [3.05, 3.63) is 64.7 Å². The van der Waals surface area contributed by atoms with Crippen LogP contribution in [0.1, 0.15) is 52.9 Å². The summed E-state index contributed by atoms with van der Waals surface area (Å²) < 4.78 is 0. The fraction of sp³-hybridized carbons (Fsp3) is 0.348. The topological polar surface area (TPSA) is 87.3 Å². The molecular weight excluding hydrogens is 366 g/mol. The SMILES string of the molecule is Cc1cc(C)cc(C(=O)NCC(=O)N[C@H](C)c2ccc(NC(=O)C3CC3)cc2)c1. The summed E-state index contributed by atoms with van der Waals surface area (Å²) in [6.07, 6.45) is 1.93. The van der Waals surface area contributed by atoms with Crippen molar-refractivity contribution < 1.29 is 14.4 Å². The first kappa shape index (κ1) is 20.6. The highest BCUT2D eigenvalue weighted by Crippen LogP contribution is 2.30. The van der Waals surface area contributed by atoms with Crippen molar-refractivity contribution in [1.82, 2.24) is 10.6 Å². The quantitative estimate of drug-likeness (QED) is 0.675. The lowest BCUT2D eigenvalue weighted by molar-refractivity contribution is -0.120. The third-order valence-electron chi connectivity index (χ3n) is 4.90. The predicted octanol–water partition coefficient (Wildman–Crippen LogP) is 3.26. The van der Waals surface area contributed by atoms with Crippen molar-refractivity contribution in [1.29, 1.82) is 0 Å². The van der Waals surface area contributed by atoms with E-state index in [1.807, 2.05) is 51.1 Å². The molecule has 1 atom stereocenters. The minimum atomic E-state index is -0.268. The highest BCUT2D eigenvalue weighted by atomic mass is 16.2. The molecule has 2 aromatic rings. The van der Waals surface area contributed by atoms with Gasteiger partial charge in [0.05, 0.1) is 12.6 Å². The van der Waals surface area contributed by atoms with E-state index < -0.39 is 0 Å². The fourth-order valence-corrected chi connectivity index (χ4v) is 3.19. The van der Waals surface area contributed by atoms with Crippen LogP contribution in [0.2, 0.25) is 0 Å². The second-order valence-electron chi connectivity index (χ2n) is 7.73. The van der Waals surface area contributed by atoms with Crippen molar-refractivity contribution in [3.8, 4) is 0 Å². The van der Waals surface area contributed by atoms with Crippen LogP contribution in [0.15, 0.2) is 42.5 Å². The van der Waals surface area contributed by atoms with Gasteiger partial charge in [-0.2, -0.15) is 0 Å². The smallest absolute Gasteiger partial charge is 0.251 e. The lowest BCUT2D eigenvalue weighted by Gasteiger charge is -2.15. The second kappa shape index (κ2) is 8.90. The molecule has 152 valence electrons. The van der Waals surface area contributed by atoms with E-state index in [0.717, 1.165) is 35.2 Å². The molecule has 0 radical (unpaired) electrons. The molecular formula is C23H27N3O3. The van der Waals surface area contributed by atoms with E-state index >= 15 is 0 Å². The Morgan fingerprint density at radius 1 is 1.00 bits per heavy atom. The Morgan fingerprint density at radius 2 is 1.62 bits per heavy atom. The van der Waals surface area contributed by atoms with Crippen molar-refractivity contribution >= 4 is 23.4 Å². The maximum atomic E-state index is 12.3. The van der Waals surface area contributed by atoms with Crippen molar-refractivity contribution in [3.63, 3.8) is 0 Å². The number of anilines is 1. The molecule has 6 heteroatoms. The van der Waals surface area contributed by atoms with E-state index in [1.165, 1.54) is 0 Å². The first-order valence-corrected chi connectivity index (χ1v) is 9.88. The largest absolute Gasteiger partial charge is 0.348 e. The minimum absolute atomic E-state index is 0.0682. The summed E-state index contributed by atoms with van der Waals surface area (Å²) in [5, 5.41) is 8.43. The zero-order chi connectivity index (χ0) is 21.0. The van der Waals surface area contributed by atoms with Crippen LogP contribution in [0.3, 0.4) is 0 Å². The number of carbonyl (C=O) groups excluding carboxylic acids is 3. The first-order valence-electron chi connectivity index (χ1n) is 9.88. The zero-order valence-electron chi connectivity index (χ0n) is 17.0. The van der Waals surface area contributed by atoms with Crippen LogP contribution in [0.5, 0.6) is 0 Å². The van der Waals surface area contributed by atoms with Crippen LogP contribution >= 0.6 is 0 Å². The van der Waals surface area contributed by atoms with E-state index in [-0.39, 0.29) is 36.2 Å². The fourth-order valence-electron chi connectivity index (χ4n) is 3.19. The average molecular weight is 393 g/mol. The number of carbonyl (C=O) groups is 3. The Morgan fingerprint density at radius 3 is 2.21 bits per heavy atom. The van der Waals surface area contributed by atoms with E-state index in [4.69, 9.17) is 0 Å². The van der Waals surface area contributed by atoms with E-state index in [1.54, 1.807) is 12.1 Å². The van der Waals surface area contributed by atoms with Gasteiger partial charge in [0.25, 0.3) is 5.91 Å². The molecule has 1 aliphatic rings. The average Bonchev–Trinajstić information content (AvgIpc) is 3.51. The molecule has 29 heavy (non-hydrogen) atoms. The number of rotatable bonds is 7. The number of hydrogen-bond acceptors (Lipinski definition) is 3. The van der Waals surface area contributed by atoms with Gasteiger partial charge in [-0.1, -0.05) is 29.3 Å². The summed E-state index contributed by atoms with van der Waals surface area (Å²) in [4.78, 5) is 36.3. The lowest BCUT2D eigenvalue weighted by Crippen LogP contribution is -2.38. The van der Waals surface area contributed by atoms with Gasteiger partial charge < -0.3 is 16.0 Å². The maximum Gasteiger partial charge on any atom is 0.251 e. The van der Waals surface area contributed by atoms with Gasteiger partial charge in [0.1, 0.15) is 0 Å². The van der Waals surface area contributed by atoms with Crippen molar-refractivity contribution in [2.75, 3.05) is 11.9 Å². The van der Waals surface area contributed by atoms with Gasteiger partial charge in [0.2, 0.25) is 11.8 Å². The Labute approximate surface area is 171 Å². The van der Waals surface area contributed by atoms with E-state index in [9.17, 15) is 14.4 Å². The lowest BCUT2D eigenvalue weighted by atomic mass is 10.1. The third kappa shape index (κ3) is 5.91. The van der Waals surface area contributed by atoms with Gasteiger partial charge in [-0.3, -0.25) is 14.4 Å². The summed E-state index contributed by atoms with van der Waals surface area (Å²) in [5.41, 5.74) is 4.23. The molecule has 3 rings (SSSR count). The molecule has 1 aliphatic carbocycles. The Hall–Kier alpha value is -3.15. The van der Waals surface area contributed by atoms with Crippen molar-refractivity contribution in [2.45, 2.75) is 39.7 Å². The monoisotopic (exact) mass is 393 g/mol. The molecule has 6 nitrogen and oxygen atoms in total. The number of hydrogen-bond donors (Lipinski definition) is 3. The molecule has 3 N–H and O–H groups in total. The summed E-state index contributed by atoms with van der Waals surface area (Å²) in [6, 6.07) is 12.8. The van der Waals surface area contributed by atoms with Crippen LogP contribution in [-0.2, 0) is 9.59 Å².